The lowest BCUT2D eigenvalue weighted by Crippen LogP contribution is -2.48. The number of carbonyl (C=O) groups is 1. The van der Waals surface area contributed by atoms with E-state index in [4.69, 9.17) is 27.6 Å². The fourth-order valence-electron chi connectivity index (χ4n) is 3.73. The van der Waals surface area contributed by atoms with Gasteiger partial charge in [-0.25, -0.2) is 4.79 Å². The fourth-order valence-corrected chi connectivity index (χ4v) is 4.13. The van der Waals surface area contributed by atoms with Crippen LogP contribution in [0, 0.1) is 5.21 Å². The van der Waals surface area contributed by atoms with Crippen molar-refractivity contribution in [1.82, 2.24) is 0 Å². The van der Waals surface area contributed by atoms with Crippen molar-refractivity contribution in [1.29, 1.82) is 0 Å². The summed E-state index contributed by atoms with van der Waals surface area (Å²) in [6.45, 7) is -0.405. The highest BCUT2D eigenvalue weighted by Gasteiger charge is 2.43. The number of hydrogen-bond donors (Lipinski definition) is 2. The average Bonchev–Trinajstić information content (AvgIpc) is 3.19. The first-order chi connectivity index (χ1) is 14.8. The van der Waals surface area contributed by atoms with E-state index in [2.05, 4.69) is 10.4 Å². The van der Waals surface area contributed by atoms with Gasteiger partial charge in [0.2, 0.25) is 0 Å². The quantitative estimate of drug-likeness (QED) is 0.406. The number of nitrogens with zero attached hydrogens (tertiary/aromatic N) is 2. The third-order valence-electron chi connectivity index (χ3n) is 5.23. The van der Waals surface area contributed by atoms with Gasteiger partial charge in [0.05, 0.1) is 10.6 Å². The highest BCUT2D eigenvalue weighted by atomic mass is 35.5. The number of hydroxylamine groups is 2. The third-order valence-corrected chi connectivity index (χ3v) is 5.79. The molecular weight excluding hydrogens is 441 g/mol. The molecule has 3 aromatic rings. The molecule has 156 valence electrons. The van der Waals surface area contributed by atoms with E-state index in [9.17, 15) is 15.1 Å². The van der Waals surface area contributed by atoms with E-state index in [1.54, 1.807) is 48.5 Å². The molecule has 31 heavy (non-hydrogen) atoms. The Kier molecular flexibility index (Phi) is 4.64. The number of halogens is 2. The van der Waals surface area contributed by atoms with Crippen LogP contribution in [0.25, 0.3) is 11.3 Å². The molecule has 0 saturated carbocycles. The number of quaternary nitrogens is 1. The minimum Gasteiger partial charge on any atom is -0.596 e. The van der Waals surface area contributed by atoms with Gasteiger partial charge in [0.1, 0.15) is 11.5 Å². The zero-order valence-corrected chi connectivity index (χ0v) is 17.4. The average molecular weight is 456 g/mol. The highest BCUT2D eigenvalue weighted by Crippen LogP contribution is 2.36. The van der Waals surface area contributed by atoms with E-state index in [1.165, 1.54) is 0 Å². The number of nitrogens with one attached hydrogen (secondary N) is 1. The first-order valence-corrected chi connectivity index (χ1v) is 10.2. The number of benzene rings is 2. The molecule has 2 N–H and O–H groups in total. The minimum atomic E-state index is -1.63. The van der Waals surface area contributed by atoms with E-state index in [1.807, 2.05) is 6.07 Å². The summed E-state index contributed by atoms with van der Waals surface area (Å²) < 4.78 is 4.12. The van der Waals surface area contributed by atoms with E-state index < -0.39 is 23.1 Å². The maximum absolute atomic E-state index is 13.3. The molecule has 0 radical (unpaired) electrons. The Morgan fingerprint density at radius 3 is 2.77 bits per heavy atom. The first-order valence-electron chi connectivity index (χ1n) is 9.40. The Morgan fingerprint density at radius 2 is 1.97 bits per heavy atom. The molecule has 1 unspecified atom stereocenters. The molecule has 2 aromatic carbocycles. The highest BCUT2D eigenvalue weighted by molar-refractivity contribution is 6.33. The first kappa shape index (κ1) is 19.8. The van der Waals surface area contributed by atoms with Crippen molar-refractivity contribution in [2.24, 2.45) is 5.10 Å². The predicted molar refractivity (Wildman–Crippen MR) is 117 cm³/mol. The lowest BCUT2D eigenvalue weighted by molar-refractivity contribution is -0.825. The van der Waals surface area contributed by atoms with Crippen LogP contribution >= 0.6 is 23.2 Å². The number of aliphatic hydroxyl groups excluding tert-OH is 1. The van der Waals surface area contributed by atoms with Gasteiger partial charge in [-0.15, -0.1) is 0 Å². The van der Waals surface area contributed by atoms with Crippen molar-refractivity contribution in [3.05, 3.63) is 92.4 Å². The summed E-state index contributed by atoms with van der Waals surface area (Å²) in [7, 11) is 0. The van der Waals surface area contributed by atoms with Crippen molar-refractivity contribution in [2.45, 2.75) is 13.0 Å². The molecule has 5 rings (SSSR count). The van der Waals surface area contributed by atoms with Gasteiger partial charge in [-0.1, -0.05) is 41.4 Å². The summed E-state index contributed by atoms with van der Waals surface area (Å²) >= 11 is 12.2. The van der Waals surface area contributed by atoms with Crippen LogP contribution in [-0.4, -0.2) is 21.7 Å². The summed E-state index contributed by atoms with van der Waals surface area (Å²) in [6.07, 6.45) is 0.179. The smallest absolute Gasteiger partial charge is 0.371 e. The number of aliphatic hydroxyl groups is 1. The zero-order valence-electron chi connectivity index (χ0n) is 15.9. The molecular formula is C22H15Cl2N3O4. The standard InChI is InChI=1S/C22H15Cl2N3O4/c23-13-6-5-12-9-16-20(25-18(12)10-13)21(28)26-27(30,22(16)29)11-14-7-8-19(31-14)15-3-1-2-4-17(15)24/h1-8,10,25H,9,11H2,(H,26,28). The molecule has 2 aliphatic rings. The van der Waals surface area contributed by atoms with E-state index >= 15 is 0 Å². The number of furan rings is 1. The number of amides is 1. The SMILES string of the molecule is O=C1C2=C(Nc3cc(Cl)ccc3C2)C(O)=N[N+]1([O-])Cc1ccc(-c2ccccc2Cl)o1. The van der Waals surface area contributed by atoms with Gasteiger partial charge in [0.15, 0.2) is 12.3 Å². The molecule has 0 aliphatic carbocycles. The van der Waals surface area contributed by atoms with Gasteiger partial charge < -0.3 is 20.0 Å². The van der Waals surface area contributed by atoms with E-state index in [-0.39, 0.29) is 23.5 Å². The van der Waals surface area contributed by atoms with Crippen LogP contribution in [0.5, 0.6) is 0 Å². The monoisotopic (exact) mass is 455 g/mol. The molecule has 1 aromatic heterocycles. The summed E-state index contributed by atoms with van der Waals surface area (Å²) in [6, 6.07) is 15.6. The van der Waals surface area contributed by atoms with Crippen LogP contribution in [-0.2, 0) is 17.8 Å². The number of fused-ring (bicyclic) bond motifs is 1. The fraction of sp³-hybridized carbons (Fsp3) is 0.0909. The van der Waals surface area contributed by atoms with Gasteiger partial charge in [-0.2, -0.15) is 4.76 Å². The van der Waals surface area contributed by atoms with Crippen molar-refractivity contribution >= 4 is 40.7 Å². The number of rotatable bonds is 3. The molecule has 2 aliphatic heterocycles. The van der Waals surface area contributed by atoms with Crippen LogP contribution in [0.3, 0.4) is 0 Å². The molecule has 3 heterocycles. The zero-order chi connectivity index (χ0) is 21.8. The van der Waals surface area contributed by atoms with E-state index in [0.29, 0.717) is 27.1 Å². The maximum atomic E-state index is 13.3. The topological polar surface area (TPSA) is 97.9 Å². The second-order valence-electron chi connectivity index (χ2n) is 7.29. The maximum Gasteiger partial charge on any atom is 0.371 e. The van der Waals surface area contributed by atoms with E-state index in [0.717, 1.165) is 5.56 Å². The van der Waals surface area contributed by atoms with Crippen LogP contribution in [0.4, 0.5) is 5.69 Å². The number of hydrogen-bond acceptors (Lipinski definition) is 5. The Morgan fingerprint density at radius 1 is 1.16 bits per heavy atom. The molecule has 0 saturated heterocycles. The second kappa shape index (κ2) is 7.25. The summed E-state index contributed by atoms with van der Waals surface area (Å²) in [4.78, 5) is 13.1. The van der Waals surface area contributed by atoms with Crippen LogP contribution in [0.2, 0.25) is 10.0 Å². The molecule has 1 amide bonds. The van der Waals surface area contributed by atoms with Crippen molar-refractivity contribution in [2.75, 3.05) is 5.32 Å². The lowest BCUT2D eigenvalue weighted by atomic mass is 9.95. The van der Waals surface area contributed by atoms with Crippen LogP contribution in [0.15, 0.2) is 75.4 Å². The Balaban J connectivity index is 1.44. The van der Waals surface area contributed by atoms with Crippen LogP contribution < -0.4 is 5.32 Å². The van der Waals surface area contributed by atoms with Crippen LogP contribution in [0.1, 0.15) is 11.3 Å². The Hall–Kier alpha value is -3.10. The molecule has 1 atom stereocenters. The van der Waals surface area contributed by atoms with Gasteiger partial charge >= 0.3 is 5.91 Å². The minimum absolute atomic E-state index is 0.126. The number of anilines is 1. The largest absolute Gasteiger partial charge is 0.596 e. The molecule has 0 bridgehead atoms. The third kappa shape index (κ3) is 3.41. The van der Waals surface area contributed by atoms with Crippen molar-refractivity contribution in [3.63, 3.8) is 0 Å². The summed E-state index contributed by atoms with van der Waals surface area (Å²) in [5.74, 6) is -0.588. The normalized spacial score (nSPS) is 20.1. The lowest BCUT2D eigenvalue weighted by Gasteiger charge is -2.37. The van der Waals surface area contributed by atoms with Crippen molar-refractivity contribution in [3.8, 4) is 11.3 Å². The van der Waals surface area contributed by atoms with Gasteiger partial charge in [0, 0.05) is 22.7 Å². The van der Waals surface area contributed by atoms with Crippen molar-refractivity contribution < 1.29 is 19.1 Å². The summed E-state index contributed by atoms with van der Waals surface area (Å²) in [5, 5.41) is 31.5. The number of carbonyl (C=O) groups excluding carboxylic acids is 1. The second-order valence-corrected chi connectivity index (χ2v) is 8.13. The Bertz CT molecular complexity index is 1300. The molecule has 0 fully saturated rings. The van der Waals surface area contributed by atoms with Gasteiger partial charge in [-0.3, -0.25) is 0 Å². The van der Waals surface area contributed by atoms with Gasteiger partial charge in [0.25, 0.3) is 5.90 Å². The van der Waals surface area contributed by atoms with Gasteiger partial charge in [-0.05, 0) is 47.1 Å². The molecule has 9 heteroatoms. The summed E-state index contributed by atoms with van der Waals surface area (Å²) in [5.41, 5.74) is 2.40. The molecule has 7 nitrogen and oxygen atoms in total. The Labute approximate surface area is 187 Å². The predicted octanol–water partition coefficient (Wildman–Crippen LogP) is 5.40. The molecule has 0 spiro atoms.